The molecule has 0 amide bonds. The van der Waals surface area contributed by atoms with Crippen LogP contribution in [0.5, 0.6) is 0 Å². The number of nitrogens with two attached hydrogens (primary N) is 2. The first-order chi connectivity index (χ1) is 11.7. The third kappa shape index (κ3) is 15.2. The Bertz CT molecular complexity index is 460. The molecule has 3 unspecified atom stereocenters. The van der Waals surface area contributed by atoms with Crippen LogP contribution in [-0.2, 0) is 4.79 Å². The van der Waals surface area contributed by atoms with E-state index in [1.54, 1.807) is 0 Å². The molecule has 0 rings (SSSR count). The Labute approximate surface area is 152 Å². The van der Waals surface area contributed by atoms with Gasteiger partial charge in [0.2, 0.25) is 0 Å². The van der Waals surface area contributed by atoms with Gasteiger partial charge in [-0.1, -0.05) is 58.4 Å². The molecule has 0 bridgehead atoms. The molecule has 0 spiro atoms. The minimum Gasteiger partial charge on any atom is -0.479 e. The van der Waals surface area contributed by atoms with E-state index in [2.05, 4.69) is 11.9 Å². The van der Waals surface area contributed by atoms with Gasteiger partial charge in [-0.15, -0.1) is 0 Å². The summed E-state index contributed by atoms with van der Waals surface area (Å²) in [5.74, 6) is -0.868. The standard InChI is InChI=1S/C13H21N3O2.C6H14O/c1-3-5-7-10(8-6-4-2)9-11(12(17)18)16-13(14)15;1-4-5(2)6(3)7/h5-9,11H,3-4H2,1-2H3,(H,17,18)(H4,14,15,16);5-7H,4H2,1-3H3/b7-5-,8-6+,10-9?;. The van der Waals surface area contributed by atoms with E-state index in [-0.39, 0.29) is 12.1 Å². The van der Waals surface area contributed by atoms with Crippen LogP contribution in [0.1, 0.15) is 53.9 Å². The molecule has 0 aromatic carbocycles. The Morgan fingerprint density at radius 3 is 1.80 bits per heavy atom. The Balaban J connectivity index is 0. The highest BCUT2D eigenvalue weighted by molar-refractivity contribution is 5.83. The number of carboxylic acids is 1. The number of aliphatic imine (C=N–C) groups is 1. The zero-order valence-corrected chi connectivity index (χ0v) is 16.1. The molecule has 3 atom stereocenters. The summed E-state index contributed by atoms with van der Waals surface area (Å²) in [6, 6.07) is -1.06. The summed E-state index contributed by atoms with van der Waals surface area (Å²) < 4.78 is 0. The third-order valence-corrected chi connectivity index (χ3v) is 3.45. The molecule has 6 N–H and O–H groups in total. The van der Waals surface area contributed by atoms with Gasteiger partial charge in [-0.3, -0.25) is 0 Å². The summed E-state index contributed by atoms with van der Waals surface area (Å²) in [6.07, 6.45) is 11.8. The van der Waals surface area contributed by atoms with Crippen LogP contribution < -0.4 is 11.5 Å². The number of guanidine groups is 1. The SMILES string of the molecule is CC/C=C\C(=CC(N=C(N)N)C(=O)O)/C=C/CC.CCC(C)C(C)O. The number of carbonyl (C=O) groups is 1. The minimum absolute atomic E-state index is 0.134. The number of aliphatic hydroxyl groups is 1. The van der Waals surface area contributed by atoms with E-state index in [0.29, 0.717) is 5.92 Å². The zero-order chi connectivity index (χ0) is 19.8. The van der Waals surface area contributed by atoms with Crippen molar-refractivity contribution in [3.8, 4) is 0 Å². The van der Waals surface area contributed by atoms with Crippen molar-refractivity contribution in [1.29, 1.82) is 0 Å². The molecule has 0 fully saturated rings. The van der Waals surface area contributed by atoms with Crippen molar-refractivity contribution >= 4 is 11.9 Å². The second-order valence-corrected chi connectivity index (χ2v) is 5.75. The highest BCUT2D eigenvalue weighted by Gasteiger charge is 2.13. The van der Waals surface area contributed by atoms with Crippen LogP contribution in [0.3, 0.4) is 0 Å². The van der Waals surface area contributed by atoms with Crippen molar-refractivity contribution in [3.63, 3.8) is 0 Å². The Morgan fingerprint density at radius 2 is 1.56 bits per heavy atom. The van der Waals surface area contributed by atoms with Gasteiger partial charge in [0.15, 0.2) is 12.0 Å². The summed E-state index contributed by atoms with van der Waals surface area (Å²) in [5, 5.41) is 17.8. The summed E-state index contributed by atoms with van der Waals surface area (Å²) >= 11 is 0. The smallest absolute Gasteiger partial charge is 0.332 e. The third-order valence-electron chi connectivity index (χ3n) is 3.45. The largest absolute Gasteiger partial charge is 0.479 e. The number of allylic oxidation sites excluding steroid dienone is 5. The first-order valence-electron chi connectivity index (χ1n) is 8.73. The highest BCUT2D eigenvalue weighted by Crippen LogP contribution is 2.07. The number of nitrogens with zero attached hydrogens (tertiary/aromatic N) is 1. The van der Waals surface area contributed by atoms with Crippen molar-refractivity contribution in [1.82, 2.24) is 0 Å². The van der Waals surface area contributed by atoms with Crippen LogP contribution in [0.25, 0.3) is 0 Å². The highest BCUT2D eigenvalue weighted by atomic mass is 16.4. The summed E-state index contributed by atoms with van der Waals surface area (Å²) in [6.45, 7) is 9.96. The number of hydrogen-bond acceptors (Lipinski definition) is 3. The lowest BCUT2D eigenvalue weighted by Gasteiger charge is -2.09. The Kier molecular flexibility index (Phi) is 15.5. The fourth-order valence-corrected chi connectivity index (χ4v) is 1.52. The molecule has 0 aromatic heterocycles. The van der Waals surface area contributed by atoms with Gasteiger partial charge in [0, 0.05) is 0 Å². The maximum atomic E-state index is 11.0. The van der Waals surface area contributed by atoms with Gasteiger partial charge in [0.1, 0.15) is 0 Å². The molecule has 0 saturated heterocycles. The molecule has 0 aromatic rings. The van der Waals surface area contributed by atoms with E-state index < -0.39 is 12.0 Å². The van der Waals surface area contributed by atoms with Crippen molar-refractivity contribution in [3.05, 3.63) is 36.0 Å². The van der Waals surface area contributed by atoms with Gasteiger partial charge in [0.05, 0.1) is 6.10 Å². The molecule has 0 heterocycles. The average Bonchev–Trinajstić information content (AvgIpc) is 2.55. The van der Waals surface area contributed by atoms with E-state index in [9.17, 15) is 4.79 Å². The van der Waals surface area contributed by atoms with E-state index in [4.69, 9.17) is 21.7 Å². The van der Waals surface area contributed by atoms with Crippen LogP contribution in [0.15, 0.2) is 40.9 Å². The van der Waals surface area contributed by atoms with Crippen LogP contribution in [-0.4, -0.2) is 34.3 Å². The summed E-state index contributed by atoms with van der Waals surface area (Å²) in [4.78, 5) is 14.7. The molecule has 144 valence electrons. The normalized spacial score (nSPS) is 15.4. The molecule has 0 aliphatic rings. The fraction of sp³-hybridized carbons (Fsp3) is 0.579. The van der Waals surface area contributed by atoms with Crippen LogP contribution in [0.4, 0.5) is 0 Å². The van der Waals surface area contributed by atoms with Gasteiger partial charge in [-0.05, 0) is 37.3 Å². The average molecular weight is 354 g/mol. The molecule has 6 heteroatoms. The number of aliphatic hydroxyl groups excluding tert-OH is 1. The van der Waals surface area contributed by atoms with E-state index >= 15 is 0 Å². The van der Waals surface area contributed by atoms with Crippen molar-refractivity contribution in [2.45, 2.75) is 66.0 Å². The van der Waals surface area contributed by atoms with Crippen LogP contribution in [0, 0.1) is 5.92 Å². The molecular formula is C19H35N3O3. The van der Waals surface area contributed by atoms with Crippen LogP contribution >= 0.6 is 0 Å². The lowest BCUT2D eigenvalue weighted by molar-refractivity contribution is -0.137. The molecule has 0 aliphatic heterocycles. The first-order valence-corrected chi connectivity index (χ1v) is 8.73. The van der Waals surface area contributed by atoms with Crippen molar-refractivity contribution < 1.29 is 15.0 Å². The fourth-order valence-electron chi connectivity index (χ4n) is 1.52. The van der Waals surface area contributed by atoms with Gasteiger partial charge >= 0.3 is 5.97 Å². The van der Waals surface area contributed by atoms with Crippen molar-refractivity contribution in [2.24, 2.45) is 22.4 Å². The maximum Gasteiger partial charge on any atom is 0.332 e. The number of carboxylic acid groups (broad SMARTS) is 1. The second kappa shape index (κ2) is 15.4. The van der Waals surface area contributed by atoms with Gasteiger partial charge in [-0.25, -0.2) is 9.79 Å². The lowest BCUT2D eigenvalue weighted by atomic mass is 10.0. The number of hydrogen-bond donors (Lipinski definition) is 4. The Morgan fingerprint density at radius 1 is 1.08 bits per heavy atom. The topological polar surface area (TPSA) is 122 Å². The number of aliphatic carboxylic acids is 1. The Hall–Kier alpha value is -2.08. The van der Waals surface area contributed by atoms with Crippen molar-refractivity contribution in [2.75, 3.05) is 0 Å². The second-order valence-electron chi connectivity index (χ2n) is 5.75. The first kappa shape index (κ1) is 25.2. The van der Waals surface area contributed by atoms with Gasteiger partial charge < -0.3 is 21.7 Å². The predicted octanol–water partition coefficient (Wildman–Crippen LogP) is 2.99. The van der Waals surface area contributed by atoms with E-state index in [0.717, 1.165) is 24.8 Å². The van der Waals surface area contributed by atoms with E-state index in [1.165, 1.54) is 6.08 Å². The summed E-state index contributed by atoms with van der Waals surface area (Å²) in [5.41, 5.74) is 11.2. The maximum absolute atomic E-state index is 11.0. The molecule has 0 saturated carbocycles. The van der Waals surface area contributed by atoms with Gasteiger partial charge in [0.25, 0.3) is 0 Å². The number of rotatable bonds is 9. The lowest BCUT2D eigenvalue weighted by Crippen LogP contribution is -2.28. The van der Waals surface area contributed by atoms with Gasteiger partial charge in [-0.2, -0.15) is 0 Å². The molecule has 6 nitrogen and oxygen atoms in total. The van der Waals surface area contributed by atoms with E-state index in [1.807, 2.05) is 52.0 Å². The molecular weight excluding hydrogens is 318 g/mol. The molecule has 25 heavy (non-hydrogen) atoms. The van der Waals surface area contributed by atoms with Crippen LogP contribution in [0.2, 0.25) is 0 Å². The monoisotopic (exact) mass is 353 g/mol. The predicted molar refractivity (Wildman–Crippen MR) is 105 cm³/mol. The quantitative estimate of drug-likeness (QED) is 0.288. The molecule has 0 radical (unpaired) electrons. The summed E-state index contributed by atoms with van der Waals surface area (Å²) in [7, 11) is 0. The minimum atomic E-state index is -1.09. The molecule has 0 aliphatic carbocycles. The zero-order valence-electron chi connectivity index (χ0n) is 16.1.